The van der Waals surface area contributed by atoms with E-state index in [9.17, 15) is 9.59 Å². The van der Waals surface area contributed by atoms with Gasteiger partial charge >= 0.3 is 0 Å². The molecule has 0 aliphatic heterocycles. The van der Waals surface area contributed by atoms with Gasteiger partial charge in [0.15, 0.2) is 5.43 Å². The third-order valence-corrected chi connectivity index (χ3v) is 5.53. The number of anilines is 1. The third-order valence-electron chi connectivity index (χ3n) is 5.21. The fourth-order valence-corrected chi connectivity index (χ4v) is 3.81. The van der Waals surface area contributed by atoms with E-state index in [4.69, 9.17) is 21.4 Å². The number of aliphatic hydroxyl groups is 1. The van der Waals surface area contributed by atoms with Crippen molar-refractivity contribution in [1.29, 1.82) is 0 Å². The van der Waals surface area contributed by atoms with E-state index in [1.54, 1.807) is 6.92 Å². The van der Waals surface area contributed by atoms with Crippen LogP contribution in [-0.4, -0.2) is 35.8 Å². The zero-order valence-electron chi connectivity index (χ0n) is 18.9. The van der Waals surface area contributed by atoms with Crippen LogP contribution < -0.4 is 20.8 Å². The first-order valence-electron chi connectivity index (χ1n) is 10.7. The van der Waals surface area contributed by atoms with E-state index in [1.165, 1.54) is 6.07 Å². The summed E-state index contributed by atoms with van der Waals surface area (Å²) in [4.78, 5) is 28.3. The number of amides is 1. The Bertz CT molecular complexity index is 1190. The van der Waals surface area contributed by atoms with Gasteiger partial charge in [0.1, 0.15) is 17.5 Å². The van der Waals surface area contributed by atoms with Crippen LogP contribution in [0.1, 0.15) is 34.1 Å². The molecular formula is C25H28ClN3O4. The number of aryl methyl sites for hydroxylation is 1. The van der Waals surface area contributed by atoms with Gasteiger partial charge in [-0.2, -0.15) is 0 Å². The largest absolute Gasteiger partial charge is 0.491 e. The first-order chi connectivity index (χ1) is 15.8. The molecule has 0 saturated heterocycles. The van der Waals surface area contributed by atoms with Crippen molar-refractivity contribution in [2.24, 2.45) is 0 Å². The smallest absolute Gasteiger partial charge is 0.251 e. The summed E-state index contributed by atoms with van der Waals surface area (Å²) in [7, 11) is 0. The van der Waals surface area contributed by atoms with Gasteiger partial charge in [0.05, 0.1) is 12.2 Å². The maximum atomic E-state index is 13.1. The molecule has 0 aliphatic carbocycles. The van der Waals surface area contributed by atoms with E-state index < -0.39 is 0 Å². The van der Waals surface area contributed by atoms with Gasteiger partial charge in [0.2, 0.25) is 0 Å². The number of aromatic nitrogens is 1. The van der Waals surface area contributed by atoms with Crippen molar-refractivity contribution in [3.05, 3.63) is 80.2 Å². The molecule has 0 fully saturated rings. The molecule has 8 heteroatoms. The maximum absolute atomic E-state index is 13.1. The lowest BCUT2D eigenvalue weighted by Gasteiger charge is -2.16. The zero-order chi connectivity index (χ0) is 24.0. The molecule has 1 amide bonds. The summed E-state index contributed by atoms with van der Waals surface area (Å²) >= 11 is 6.17. The summed E-state index contributed by atoms with van der Waals surface area (Å²) in [5, 5.41) is 15.3. The van der Waals surface area contributed by atoms with Crippen LogP contribution in [0, 0.1) is 13.8 Å². The maximum Gasteiger partial charge on any atom is 0.251 e. The first-order valence-corrected chi connectivity index (χ1v) is 11.1. The van der Waals surface area contributed by atoms with Gasteiger partial charge in [-0.05, 0) is 61.7 Å². The molecule has 0 saturated carbocycles. The summed E-state index contributed by atoms with van der Waals surface area (Å²) < 4.78 is 5.42. The van der Waals surface area contributed by atoms with Crippen molar-refractivity contribution >= 4 is 23.2 Å². The number of hydrogen-bond donors (Lipinski definition) is 4. The molecule has 3 aromatic rings. The average Bonchev–Trinajstić information content (AvgIpc) is 2.78. The molecule has 7 nitrogen and oxygen atoms in total. The number of aromatic amines is 1. The summed E-state index contributed by atoms with van der Waals surface area (Å²) in [6.45, 7) is 6.52. The number of carbonyl (C=O) groups excluding carboxylic acids is 1. The van der Waals surface area contributed by atoms with Crippen molar-refractivity contribution in [3.63, 3.8) is 0 Å². The normalized spacial score (nSPS) is 10.7. The number of carbonyl (C=O) groups is 1. The highest BCUT2D eigenvalue weighted by Crippen LogP contribution is 2.30. The van der Waals surface area contributed by atoms with E-state index in [1.807, 2.05) is 50.2 Å². The minimum atomic E-state index is -0.299. The molecule has 0 atom stereocenters. The highest BCUT2D eigenvalue weighted by atomic mass is 35.5. The minimum absolute atomic E-state index is 0.0182. The molecule has 2 aromatic carbocycles. The average molecular weight is 470 g/mol. The van der Waals surface area contributed by atoms with E-state index >= 15 is 0 Å². The number of benzene rings is 2. The molecule has 4 N–H and O–H groups in total. The Morgan fingerprint density at radius 2 is 1.85 bits per heavy atom. The minimum Gasteiger partial charge on any atom is -0.491 e. The Balaban J connectivity index is 1.90. The van der Waals surface area contributed by atoms with Crippen LogP contribution in [0.15, 0.2) is 47.3 Å². The fourth-order valence-electron chi connectivity index (χ4n) is 3.50. The lowest BCUT2D eigenvalue weighted by Crippen LogP contribution is -2.27. The standard InChI is InChI=1S/C25H28ClN3O4/c1-4-27-22-13-18(17-5-7-19(8-6-17)33-10-9-30)12-20(16(22)3)25(32)28-14-21-23(31)11-15(2)29-24(21)26/h5-8,11-13,27,30H,4,9-10,14H2,1-3H3,(H,28,32)(H,29,31). The Labute approximate surface area is 197 Å². The molecule has 0 spiro atoms. The Kier molecular flexibility index (Phi) is 8.14. The predicted octanol–water partition coefficient (Wildman–Crippen LogP) is 4.05. The number of pyridine rings is 1. The summed E-state index contributed by atoms with van der Waals surface area (Å²) in [6, 6.07) is 12.7. The number of hydrogen-bond acceptors (Lipinski definition) is 5. The molecular weight excluding hydrogens is 442 g/mol. The topological polar surface area (TPSA) is 103 Å². The summed E-state index contributed by atoms with van der Waals surface area (Å²) in [6.07, 6.45) is 0. The van der Waals surface area contributed by atoms with Gasteiger partial charge in [-0.15, -0.1) is 0 Å². The van der Waals surface area contributed by atoms with Crippen molar-refractivity contribution in [3.8, 4) is 16.9 Å². The second-order valence-electron chi connectivity index (χ2n) is 7.61. The van der Waals surface area contributed by atoms with Crippen LogP contribution in [0.25, 0.3) is 11.1 Å². The number of nitrogens with one attached hydrogen (secondary N) is 3. The third kappa shape index (κ3) is 5.94. The monoisotopic (exact) mass is 469 g/mol. The molecule has 0 radical (unpaired) electrons. The molecule has 0 aliphatic rings. The molecule has 1 aromatic heterocycles. The Morgan fingerprint density at radius 1 is 1.12 bits per heavy atom. The SMILES string of the molecule is CCNc1cc(-c2ccc(OCCO)cc2)cc(C(=O)NCc2c(Cl)[nH]c(C)cc2=O)c1C. The fraction of sp³-hybridized carbons (Fsp3) is 0.280. The van der Waals surface area contributed by atoms with E-state index in [2.05, 4.69) is 15.6 Å². The second kappa shape index (κ2) is 11.0. The van der Waals surface area contributed by atoms with Crippen LogP contribution in [0.2, 0.25) is 5.15 Å². The quantitative estimate of drug-likeness (QED) is 0.354. The lowest BCUT2D eigenvalue weighted by atomic mass is 9.97. The molecule has 174 valence electrons. The van der Waals surface area contributed by atoms with Crippen LogP contribution >= 0.6 is 11.6 Å². The van der Waals surface area contributed by atoms with Crippen LogP contribution in [-0.2, 0) is 6.54 Å². The number of rotatable bonds is 9. The zero-order valence-corrected chi connectivity index (χ0v) is 19.7. The van der Waals surface area contributed by atoms with Gasteiger partial charge in [-0.25, -0.2) is 0 Å². The predicted molar refractivity (Wildman–Crippen MR) is 131 cm³/mol. The van der Waals surface area contributed by atoms with Crippen molar-refractivity contribution in [2.75, 3.05) is 25.1 Å². The number of H-pyrrole nitrogens is 1. The molecule has 0 unspecified atom stereocenters. The van der Waals surface area contributed by atoms with Crippen LogP contribution in [0.5, 0.6) is 5.75 Å². The van der Waals surface area contributed by atoms with Gasteiger partial charge in [0, 0.05) is 36.1 Å². The second-order valence-corrected chi connectivity index (χ2v) is 7.99. The highest BCUT2D eigenvalue weighted by molar-refractivity contribution is 6.30. The van der Waals surface area contributed by atoms with Crippen molar-refractivity contribution in [1.82, 2.24) is 10.3 Å². The molecule has 3 rings (SSSR count). The van der Waals surface area contributed by atoms with Crippen LogP contribution in [0.4, 0.5) is 5.69 Å². The number of aliphatic hydroxyl groups excluding tert-OH is 1. The first kappa shape index (κ1) is 24.4. The van der Waals surface area contributed by atoms with Crippen molar-refractivity contribution in [2.45, 2.75) is 27.3 Å². The molecule has 0 bridgehead atoms. The Hall–Kier alpha value is -3.29. The number of halogens is 1. The lowest BCUT2D eigenvalue weighted by molar-refractivity contribution is 0.0950. The van der Waals surface area contributed by atoms with Gasteiger partial charge < -0.3 is 25.5 Å². The highest BCUT2D eigenvalue weighted by Gasteiger charge is 2.16. The summed E-state index contributed by atoms with van der Waals surface area (Å²) in [5.41, 5.74) is 4.69. The van der Waals surface area contributed by atoms with E-state index in [0.717, 1.165) is 22.4 Å². The van der Waals surface area contributed by atoms with Gasteiger partial charge in [-0.1, -0.05) is 23.7 Å². The number of ether oxygens (including phenoxy) is 1. The molecule has 1 heterocycles. The van der Waals surface area contributed by atoms with Gasteiger partial charge in [0.25, 0.3) is 5.91 Å². The van der Waals surface area contributed by atoms with Crippen LogP contribution in [0.3, 0.4) is 0 Å². The van der Waals surface area contributed by atoms with Gasteiger partial charge in [-0.3, -0.25) is 9.59 Å². The van der Waals surface area contributed by atoms with E-state index in [-0.39, 0.29) is 36.2 Å². The van der Waals surface area contributed by atoms with E-state index in [0.29, 0.717) is 29.1 Å². The molecule has 33 heavy (non-hydrogen) atoms. The summed E-state index contributed by atoms with van der Waals surface area (Å²) in [5.74, 6) is 0.359. The van der Waals surface area contributed by atoms with Crippen molar-refractivity contribution < 1.29 is 14.6 Å². The Morgan fingerprint density at radius 3 is 2.48 bits per heavy atom.